The Labute approximate surface area is 110 Å². The number of fused-ring (bicyclic) bond motifs is 1. The average molecular weight is 336 g/mol. The molecule has 0 aliphatic heterocycles. The van der Waals surface area contributed by atoms with E-state index in [-0.39, 0.29) is 5.57 Å². The Balaban J connectivity index is 2.84. The highest BCUT2D eigenvalue weighted by Crippen LogP contribution is 2.48. The van der Waals surface area contributed by atoms with Crippen LogP contribution in [0.25, 0.3) is 10.1 Å². The van der Waals surface area contributed by atoms with Gasteiger partial charge in [-0.2, -0.15) is 10.5 Å². The van der Waals surface area contributed by atoms with Crippen LogP contribution in [-0.4, -0.2) is 0 Å². The third kappa shape index (κ3) is 1.51. The minimum Gasteiger partial charge on any atom is -0.192 e. The fourth-order valence-electron chi connectivity index (χ4n) is 1.62. The first-order valence-electron chi connectivity index (χ1n) is 4.40. The molecule has 0 amide bonds. The van der Waals surface area contributed by atoms with Crippen molar-refractivity contribution in [2.45, 2.75) is 0 Å². The maximum absolute atomic E-state index is 8.93. The third-order valence-electron chi connectivity index (χ3n) is 2.32. The summed E-state index contributed by atoms with van der Waals surface area (Å²) in [5.41, 5.74) is 2.67. The molecule has 0 unspecified atom stereocenters. The Morgan fingerprint density at radius 3 is 2.06 bits per heavy atom. The first-order chi connectivity index (χ1) is 7.70. The van der Waals surface area contributed by atoms with E-state index in [9.17, 15) is 0 Å². The van der Waals surface area contributed by atoms with Crippen molar-refractivity contribution in [3.63, 3.8) is 0 Å². The van der Waals surface area contributed by atoms with Crippen LogP contribution >= 0.6 is 31.9 Å². The van der Waals surface area contributed by atoms with Crippen LogP contribution in [0, 0.1) is 22.7 Å². The van der Waals surface area contributed by atoms with Crippen LogP contribution in [0.1, 0.15) is 11.1 Å². The Morgan fingerprint density at radius 2 is 1.50 bits per heavy atom. The first-order valence-corrected chi connectivity index (χ1v) is 5.99. The van der Waals surface area contributed by atoms with Gasteiger partial charge in [-0.15, -0.1) is 0 Å². The van der Waals surface area contributed by atoms with E-state index in [1.165, 1.54) is 0 Å². The smallest absolute Gasteiger partial charge is 0.138 e. The van der Waals surface area contributed by atoms with Gasteiger partial charge in [0, 0.05) is 14.5 Å². The van der Waals surface area contributed by atoms with Crippen molar-refractivity contribution in [3.05, 3.63) is 45.4 Å². The summed E-state index contributed by atoms with van der Waals surface area (Å²) in [6.07, 6.45) is 0. The van der Waals surface area contributed by atoms with Gasteiger partial charge in [-0.25, -0.2) is 0 Å². The lowest BCUT2D eigenvalue weighted by Crippen LogP contribution is -1.86. The molecule has 0 atom stereocenters. The van der Waals surface area contributed by atoms with Gasteiger partial charge in [-0.1, -0.05) is 24.3 Å². The number of halogens is 2. The highest BCUT2D eigenvalue weighted by Gasteiger charge is 2.25. The van der Waals surface area contributed by atoms with E-state index in [4.69, 9.17) is 10.5 Å². The molecule has 1 aliphatic rings. The summed E-state index contributed by atoms with van der Waals surface area (Å²) in [5, 5.41) is 17.9. The Morgan fingerprint density at radius 1 is 0.938 bits per heavy atom. The van der Waals surface area contributed by atoms with Gasteiger partial charge in [0.25, 0.3) is 0 Å². The second-order valence-electron chi connectivity index (χ2n) is 3.15. The number of rotatable bonds is 0. The Hall–Kier alpha value is -1.36. The average Bonchev–Trinajstić information content (AvgIpc) is 2.57. The molecule has 4 heteroatoms. The lowest BCUT2D eigenvalue weighted by atomic mass is 10.0. The lowest BCUT2D eigenvalue weighted by molar-refractivity contribution is 1.46. The number of nitriles is 2. The van der Waals surface area contributed by atoms with Gasteiger partial charge in [0.15, 0.2) is 0 Å². The topological polar surface area (TPSA) is 47.6 Å². The summed E-state index contributed by atoms with van der Waals surface area (Å²) in [4.78, 5) is 0. The number of hydrogen-bond donors (Lipinski definition) is 0. The van der Waals surface area contributed by atoms with E-state index >= 15 is 0 Å². The monoisotopic (exact) mass is 334 g/mol. The SMILES string of the molecule is N#CC(C#N)=C1C(Br)=C(Br)c2ccccc21. The summed E-state index contributed by atoms with van der Waals surface area (Å²) in [7, 11) is 0. The van der Waals surface area contributed by atoms with Gasteiger partial charge < -0.3 is 0 Å². The summed E-state index contributed by atoms with van der Waals surface area (Å²) < 4.78 is 1.63. The molecule has 2 nitrogen and oxygen atoms in total. The molecule has 0 radical (unpaired) electrons. The predicted octanol–water partition coefficient (Wildman–Crippen LogP) is 3.96. The van der Waals surface area contributed by atoms with Crippen molar-refractivity contribution in [1.29, 1.82) is 10.5 Å². The van der Waals surface area contributed by atoms with Crippen LogP contribution in [0.5, 0.6) is 0 Å². The van der Waals surface area contributed by atoms with Crippen LogP contribution in [-0.2, 0) is 0 Å². The largest absolute Gasteiger partial charge is 0.192 e. The third-order valence-corrected chi connectivity index (χ3v) is 4.47. The molecule has 0 N–H and O–H groups in total. The molecule has 76 valence electrons. The van der Waals surface area contributed by atoms with Crippen molar-refractivity contribution in [3.8, 4) is 12.1 Å². The van der Waals surface area contributed by atoms with Crippen LogP contribution in [0.2, 0.25) is 0 Å². The number of hydrogen-bond acceptors (Lipinski definition) is 2. The van der Waals surface area contributed by atoms with E-state index in [2.05, 4.69) is 31.9 Å². The number of nitrogens with zero attached hydrogens (tertiary/aromatic N) is 2. The van der Waals surface area contributed by atoms with Crippen molar-refractivity contribution in [1.82, 2.24) is 0 Å². The molecule has 0 spiro atoms. The van der Waals surface area contributed by atoms with Crippen molar-refractivity contribution in [2.24, 2.45) is 0 Å². The highest BCUT2D eigenvalue weighted by atomic mass is 79.9. The van der Waals surface area contributed by atoms with Gasteiger partial charge in [-0.05, 0) is 43.0 Å². The van der Waals surface area contributed by atoms with Gasteiger partial charge in [0.05, 0.1) is 0 Å². The fraction of sp³-hybridized carbons (Fsp3) is 0. The van der Waals surface area contributed by atoms with Crippen LogP contribution < -0.4 is 0 Å². The summed E-state index contributed by atoms with van der Waals surface area (Å²) in [6.45, 7) is 0. The van der Waals surface area contributed by atoms with E-state index < -0.39 is 0 Å². The molecule has 0 aromatic heterocycles. The molecule has 0 heterocycles. The molecule has 0 fully saturated rings. The molecule has 0 saturated carbocycles. The molecular formula is C12H4Br2N2. The summed E-state index contributed by atoms with van der Waals surface area (Å²) >= 11 is 6.86. The van der Waals surface area contributed by atoms with Gasteiger partial charge >= 0.3 is 0 Å². The standard InChI is InChI=1S/C12H4Br2N2/c13-11-9-4-2-1-3-8(9)10(12(11)14)7(5-15)6-16/h1-4H. The number of benzene rings is 1. The Bertz CT molecular complexity index is 597. The lowest BCUT2D eigenvalue weighted by Gasteiger charge is -2.01. The first kappa shape index (κ1) is 11.1. The molecule has 1 aromatic rings. The second kappa shape index (κ2) is 4.25. The predicted molar refractivity (Wildman–Crippen MR) is 69.4 cm³/mol. The minimum atomic E-state index is 0.119. The summed E-state index contributed by atoms with van der Waals surface area (Å²) in [5.74, 6) is 0. The van der Waals surface area contributed by atoms with Crippen molar-refractivity contribution < 1.29 is 0 Å². The molecule has 16 heavy (non-hydrogen) atoms. The van der Waals surface area contributed by atoms with Crippen LogP contribution in [0.4, 0.5) is 0 Å². The van der Waals surface area contributed by atoms with Gasteiger partial charge in [-0.3, -0.25) is 0 Å². The van der Waals surface area contributed by atoms with Crippen LogP contribution in [0.3, 0.4) is 0 Å². The van der Waals surface area contributed by atoms with Crippen LogP contribution in [0.15, 0.2) is 34.3 Å². The zero-order chi connectivity index (χ0) is 11.7. The normalized spacial score (nSPS) is 13.1. The van der Waals surface area contributed by atoms with Crippen molar-refractivity contribution >= 4 is 41.9 Å². The molecule has 1 aromatic carbocycles. The zero-order valence-corrected chi connectivity index (χ0v) is 11.1. The van der Waals surface area contributed by atoms with Gasteiger partial charge in [0.2, 0.25) is 0 Å². The molecule has 0 bridgehead atoms. The molecule has 2 rings (SSSR count). The molecular weight excluding hydrogens is 332 g/mol. The quantitative estimate of drug-likeness (QED) is 0.674. The van der Waals surface area contributed by atoms with Crippen molar-refractivity contribution in [2.75, 3.05) is 0 Å². The maximum atomic E-state index is 8.93. The zero-order valence-electron chi connectivity index (χ0n) is 7.96. The van der Waals surface area contributed by atoms with E-state index in [1.54, 1.807) is 0 Å². The maximum Gasteiger partial charge on any atom is 0.138 e. The highest BCUT2D eigenvalue weighted by molar-refractivity contribution is 9.16. The van der Waals surface area contributed by atoms with E-state index in [0.717, 1.165) is 20.1 Å². The molecule has 1 aliphatic carbocycles. The van der Waals surface area contributed by atoms with E-state index in [0.29, 0.717) is 5.57 Å². The number of allylic oxidation sites excluding steroid dienone is 3. The summed E-state index contributed by atoms with van der Waals surface area (Å²) in [6, 6.07) is 11.5. The van der Waals surface area contributed by atoms with Gasteiger partial charge in [0.1, 0.15) is 17.7 Å². The minimum absolute atomic E-state index is 0.119. The Kier molecular flexibility index (Phi) is 2.96. The fourth-order valence-corrected chi connectivity index (χ4v) is 2.79. The van der Waals surface area contributed by atoms with E-state index in [1.807, 2.05) is 36.4 Å². The second-order valence-corrected chi connectivity index (χ2v) is 4.73. The molecule has 0 saturated heterocycles.